The molecule has 0 bridgehead atoms. The lowest BCUT2D eigenvalue weighted by molar-refractivity contribution is -0.115. The van der Waals surface area contributed by atoms with Crippen molar-refractivity contribution in [1.29, 1.82) is 0 Å². The number of aryl methyl sites for hydroxylation is 1. The number of benzene rings is 2. The van der Waals surface area contributed by atoms with Gasteiger partial charge < -0.3 is 14.8 Å². The van der Waals surface area contributed by atoms with E-state index in [1.54, 1.807) is 6.08 Å². The molecule has 0 atom stereocenters. The van der Waals surface area contributed by atoms with Crippen molar-refractivity contribution >= 4 is 50.5 Å². The van der Waals surface area contributed by atoms with Gasteiger partial charge in [-0.15, -0.1) is 0 Å². The minimum absolute atomic E-state index is 0.179. The van der Waals surface area contributed by atoms with Crippen molar-refractivity contribution in [3.05, 3.63) is 69.6 Å². The van der Waals surface area contributed by atoms with Crippen molar-refractivity contribution in [1.82, 2.24) is 5.32 Å². The monoisotopic (exact) mass is 472 g/mol. The summed E-state index contributed by atoms with van der Waals surface area (Å²) < 4.78 is 12.1. The number of halogens is 1. The second kappa shape index (κ2) is 9.80. The van der Waals surface area contributed by atoms with Crippen molar-refractivity contribution in [3.63, 3.8) is 0 Å². The van der Waals surface area contributed by atoms with Gasteiger partial charge in [0, 0.05) is 0 Å². The number of hydrogen-bond donors (Lipinski definition) is 1. The Labute approximate surface area is 183 Å². The van der Waals surface area contributed by atoms with Crippen LogP contribution in [0.1, 0.15) is 18.1 Å². The molecule has 1 aliphatic heterocycles. The molecule has 1 N–H and O–H groups in total. The molecular weight excluding hydrogens is 452 g/mol. The Balaban J connectivity index is 1.86. The third-order valence-electron chi connectivity index (χ3n) is 3.89. The molecule has 0 spiro atoms. The lowest BCUT2D eigenvalue weighted by atomic mass is 10.2. The molecule has 0 saturated carbocycles. The Morgan fingerprint density at radius 1 is 1.24 bits per heavy atom. The molecule has 5 nitrogen and oxygen atoms in total. The first-order valence-corrected chi connectivity index (χ1v) is 10.7. The highest BCUT2D eigenvalue weighted by atomic mass is 79.9. The van der Waals surface area contributed by atoms with Crippen molar-refractivity contribution in [2.75, 3.05) is 13.2 Å². The van der Waals surface area contributed by atoms with Gasteiger partial charge in [0.15, 0.2) is 16.7 Å². The van der Waals surface area contributed by atoms with Crippen LogP contribution in [0.25, 0.3) is 6.08 Å². The van der Waals surface area contributed by atoms with E-state index in [2.05, 4.69) is 32.8 Å². The van der Waals surface area contributed by atoms with Crippen LogP contribution in [-0.4, -0.2) is 24.3 Å². The van der Waals surface area contributed by atoms with E-state index in [9.17, 15) is 4.79 Å². The number of carbonyl (C=O) groups excluding carboxylic acids is 1. The summed E-state index contributed by atoms with van der Waals surface area (Å²) in [6.07, 6.45) is 3.48. The lowest BCUT2D eigenvalue weighted by Crippen LogP contribution is -2.19. The minimum Gasteiger partial charge on any atom is -0.490 e. The van der Waals surface area contributed by atoms with Gasteiger partial charge in [0.1, 0.15) is 6.61 Å². The van der Waals surface area contributed by atoms with E-state index in [0.717, 1.165) is 21.3 Å². The van der Waals surface area contributed by atoms with Crippen LogP contribution in [0.5, 0.6) is 11.5 Å². The molecule has 3 rings (SSSR count). The van der Waals surface area contributed by atoms with Crippen LogP contribution >= 0.6 is 27.7 Å². The third-order valence-corrected chi connectivity index (χ3v) is 5.39. The SMILES string of the molecule is C=CCOc1c(Br)cc(/C=C2\SC(=Nc3ccc(C)cc3)NC2=O)cc1OCC. The van der Waals surface area contributed by atoms with Gasteiger partial charge in [0.2, 0.25) is 0 Å². The highest BCUT2D eigenvalue weighted by Gasteiger charge is 2.24. The highest BCUT2D eigenvalue weighted by Crippen LogP contribution is 2.38. The number of amides is 1. The van der Waals surface area contributed by atoms with E-state index >= 15 is 0 Å². The number of nitrogens with zero attached hydrogens (tertiary/aromatic N) is 1. The lowest BCUT2D eigenvalue weighted by Gasteiger charge is -2.13. The van der Waals surface area contributed by atoms with Crippen molar-refractivity contribution in [2.24, 2.45) is 4.99 Å². The van der Waals surface area contributed by atoms with Gasteiger partial charge in [-0.2, -0.15) is 0 Å². The smallest absolute Gasteiger partial charge is 0.264 e. The number of amidine groups is 1. The van der Waals surface area contributed by atoms with Gasteiger partial charge in [0.05, 0.1) is 21.7 Å². The maximum Gasteiger partial charge on any atom is 0.264 e. The standard InChI is InChI=1S/C22H21BrN2O3S/c1-4-10-28-20-17(23)11-15(12-18(20)27-5-2)13-19-21(26)25-22(29-19)24-16-8-6-14(3)7-9-16/h4,6-9,11-13H,1,5,10H2,2-3H3,(H,24,25,26)/b19-13-. The van der Waals surface area contributed by atoms with Gasteiger partial charge in [-0.05, 0) is 77.4 Å². The first-order valence-electron chi connectivity index (χ1n) is 9.06. The van der Waals surface area contributed by atoms with Gasteiger partial charge in [-0.1, -0.05) is 30.4 Å². The first kappa shape index (κ1) is 21.2. The largest absolute Gasteiger partial charge is 0.490 e. The van der Waals surface area contributed by atoms with E-state index in [-0.39, 0.29) is 5.91 Å². The summed E-state index contributed by atoms with van der Waals surface area (Å²) in [5, 5.41) is 3.36. The summed E-state index contributed by atoms with van der Waals surface area (Å²) in [5.74, 6) is 1.04. The molecule has 1 heterocycles. The van der Waals surface area contributed by atoms with Crippen LogP contribution in [0.15, 0.2) is 63.4 Å². The number of aliphatic imine (C=N–C) groups is 1. The van der Waals surface area contributed by atoms with Crippen LogP contribution in [0.4, 0.5) is 5.69 Å². The maximum atomic E-state index is 12.4. The van der Waals surface area contributed by atoms with E-state index in [1.807, 2.05) is 56.3 Å². The molecule has 2 aromatic carbocycles. The molecule has 1 fully saturated rings. The summed E-state index contributed by atoms with van der Waals surface area (Å²) in [4.78, 5) is 17.4. The predicted octanol–water partition coefficient (Wildman–Crippen LogP) is 5.61. The number of ether oxygens (including phenoxy) is 2. The third kappa shape index (κ3) is 5.52. The molecule has 7 heteroatoms. The quantitative estimate of drug-likeness (QED) is 0.419. The summed E-state index contributed by atoms with van der Waals surface area (Å²) in [7, 11) is 0. The number of nitrogens with one attached hydrogen (secondary N) is 1. The Morgan fingerprint density at radius 3 is 2.69 bits per heavy atom. The molecule has 150 valence electrons. The molecule has 0 aromatic heterocycles. The normalized spacial score (nSPS) is 16.2. The van der Waals surface area contributed by atoms with Crippen molar-refractivity contribution in [3.8, 4) is 11.5 Å². The van der Waals surface area contributed by atoms with Crippen LogP contribution in [-0.2, 0) is 4.79 Å². The van der Waals surface area contributed by atoms with Crippen molar-refractivity contribution < 1.29 is 14.3 Å². The maximum absolute atomic E-state index is 12.4. The average molecular weight is 473 g/mol. The minimum atomic E-state index is -0.179. The molecular formula is C22H21BrN2O3S. The summed E-state index contributed by atoms with van der Waals surface area (Å²) in [6, 6.07) is 11.6. The number of rotatable bonds is 7. The molecule has 1 saturated heterocycles. The molecule has 0 unspecified atom stereocenters. The molecule has 2 aromatic rings. The summed E-state index contributed by atoms with van der Waals surface area (Å²) >= 11 is 4.83. The molecule has 0 radical (unpaired) electrons. The summed E-state index contributed by atoms with van der Waals surface area (Å²) in [6.45, 7) is 8.47. The zero-order chi connectivity index (χ0) is 20.8. The molecule has 29 heavy (non-hydrogen) atoms. The average Bonchev–Trinajstić information content (AvgIpc) is 3.02. The molecule has 1 aliphatic rings. The van der Waals surface area contributed by atoms with E-state index in [1.165, 1.54) is 11.8 Å². The Morgan fingerprint density at radius 2 is 2.00 bits per heavy atom. The zero-order valence-electron chi connectivity index (χ0n) is 16.2. The fraction of sp³-hybridized carbons (Fsp3) is 0.182. The Bertz CT molecular complexity index is 984. The molecule has 0 aliphatic carbocycles. The second-order valence-corrected chi connectivity index (χ2v) is 8.06. The topological polar surface area (TPSA) is 59.9 Å². The Kier molecular flexibility index (Phi) is 7.17. The zero-order valence-corrected chi connectivity index (χ0v) is 18.6. The van der Waals surface area contributed by atoms with Gasteiger partial charge in [-0.25, -0.2) is 4.99 Å². The van der Waals surface area contributed by atoms with E-state index < -0.39 is 0 Å². The van der Waals surface area contributed by atoms with Crippen molar-refractivity contribution in [2.45, 2.75) is 13.8 Å². The van der Waals surface area contributed by atoms with Gasteiger partial charge >= 0.3 is 0 Å². The fourth-order valence-electron chi connectivity index (χ4n) is 2.58. The number of carbonyl (C=O) groups is 1. The first-order chi connectivity index (χ1) is 14.0. The van der Waals surface area contributed by atoms with E-state index in [4.69, 9.17) is 9.47 Å². The fourth-order valence-corrected chi connectivity index (χ4v) is 4.00. The van der Waals surface area contributed by atoms with Crippen LogP contribution < -0.4 is 14.8 Å². The predicted molar refractivity (Wildman–Crippen MR) is 123 cm³/mol. The Hall–Kier alpha value is -2.51. The molecule has 1 amide bonds. The highest BCUT2D eigenvalue weighted by molar-refractivity contribution is 9.10. The van der Waals surface area contributed by atoms with Crippen LogP contribution in [0, 0.1) is 6.92 Å². The number of thioether (sulfide) groups is 1. The number of hydrogen-bond acceptors (Lipinski definition) is 5. The van der Waals surface area contributed by atoms with E-state index in [0.29, 0.717) is 34.8 Å². The van der Waals surface area contributed by atoms with Gasteiger partial charge in [-0.3, -0.25) is 4.79 Å². The van der Waals surface area contributed by atoms with Crippen LogP contribution in [0.3, 0.4) is 0 Å². The summed E-state index contributed by atoms with van der Waals surface area (Å²) in [5.41, 5.74) is 2.78. The van der Waals surface area contributed by atoms with Crippen LogP contribution in [0.2, 0.25) is 0 Å². The second-order valence-electron chi connectivity index (χ2n) is 6.18. The van der Waals surface area contributed by atoms with Gasteiger partial charge in [0.25, 0.3) is 5.91 Å².